The fraction of sp³-hybridized carbons (Fsp3) is 1.00. The molecule has 0 aromatic rings. The molecular weight excluding hydrogens is 224 g/mol. The highest BCUT2D eigenvalue weighted by atomic mass is 16.3. The second-order valence-electron chi connectivity index (χ2n) is 6.33. The molecular formula is C15H32N2O. The minimum absolute atomic E-state index is 0.106. The first-order chi connectivity index (χ1) is 8.50. The van der Waals surface area contributed by atoms with E-state index in [-0.39, 0.29) is 12.1 Å². The van der Waals surface area contributed by atoms with Gasteiger partial charge in [-0.1, -0.05) is 27.2 Å². The van der Waals surface area contributed by atoms with Crippen LogP contribution in [0.3, 0.4) is 0 Å². The van der Waals surface area contributed by atoms with Gasteiger partial charge in [0.1, 0.15) is 0 Å². The van der Waals surface area contributed by atoms with Gasteiger partial charge >= 0.3 is 0 Å². The molecule has 1 atom stereocenters. The van der Waals surface area contributed by atoms with Crippen LogP contribution in [-0.2, 0) is 0 Å². The Morgan fingerprint density at radius 2 is 2.00 bits per heavy atom. The van der Waals surface area contributed by atoms with Gasteiger partial charge in [-0.2, -0.15) is 0 Å². The molecule has 1 unspecified atom stereocenters. The summed E-state index contributed by atoms with van der Waals surface area (Å²) in [4.78, 5) is 2.60. The molecule has 1 aliphatic rings. The maximum absolute atomic E-state index is 9.51. The Labute approximate surface area is 113 Å². The van der Waals surface area contributed by atoms with Crippen molar-refractivity contribution in [2.24, 2.45) is 0 Å². The average molecular weight is 256 g/mol. The summed E-state index contributed by atoms with van der Waals surface area (Å²) in [5.41, 5.74) is -0.106. The molecule has 1 saturated carbocycles. The van der Waals surface area contributed by atoms with Gasteiger partial charge in [0.2, 0.25) is 0 Å². The van der Waals surface area contributed by atoms with Crippen molar-refractivity contribution in [3.63, 3.8) is 0 Å². The number of unbranched alkanes of at least 4 members (excludes halogenated alkanes) is 1. The van der Waals surface area contributed by atoms with Crippen LogP contribution >= 0.6 is 0 Å². The Balaban J connectivity index is 2.18. The highest BCUT2D eigenvalue weighted by molar-refractivity contribution is 4.85. The van der Waals surface area contributed by atoms with Crippen LogP contribution in [0.1, 0.15) is 59.8 Å². The molecule has 3 heteroatoms. The van der Waals surface area contributed by atoms with Gasteiger partial charge < -0.3 is 15.3 Å². The molecule has 3 nitrogen and oxygen atoms in total. The first kappa shape index (κ1) is 15.9. The van der Waals surface area contributed by atoms with E-state index in [4.69, 9.17) is 0 Å². The molecule has 1 rings (SSSR count). The Bertz CT molecular complexity index is 229. The monoisotopic (exact) mass is 256 g/mol. The van der Waals surface area contributed by atoms with Gasteiger partial charge in [0.25, 0.3) is 0 Å². The van der Waals surface area contributed by atoms with E-state index in [1.54, 1.807) is 0 Å². The van der Waals surface area contributed by atoms with Crippen LogP contribution in [0.25, 0.3) is 0 Å². The molecule has 0 amide bonds. The van der Waals surface area contributed by atoms with Gasteiger partial charge in [-0.05, 0) is 45.7 Å². The predicted molar refractivity (Wildman–Crippen MR) is 77.9 cm³/mol. The number of aliphatic hydroxyl groups is 1. The number of rotatable bonds is 10. The molecule has 0 aromatic carbocycles. The van der Waals surface area contributed by atoms with Gasteiger partial charge in [0, 0.05) is 17.6 Å². The van der Waals surface area contributed by atoms with E-state index in [9.17, 15) is 5.11 Å². The summed E-state index contributed by atoms with van der Waals surface area (Å²) in [6.07, 6.45) is 6.30. The number of hydrogen-bond donors (Lipinski definition) is 2. The van der Waals surface area contributed by atoms with Crippen LogP contribution in [0.2, 0.25) is 0 Å². The molecule has 108 valence electrons. The molecule has 2 N–H and O–H groups in total. The summed E-state index contributed by atoms with van der Waals surface area (Å²) >= 11 is 0. The van der Waals surface area contributed by atoms with Crippen LogP contribution in [0.5, 0.6) is 0 Å². The minimum Gasteiger partial charge on any atom is -0.394 e. The fourth-order valence-corrected chi connectivity index (χ4v) is 2.76. The first-order valence-corrected chi connectivity index (χ1v) is 7.63. The lowest BCUT2D eigenvalue weighted by molar-refractivity contribution is 0.152. The van der Waals surface area contributed by atoms with Crippen molar-refractivity contribution >= 4 is 0 Å². The van der Waals surface area contributed by atoms with Crippen molar-refractivity contribution in [3.05, 3.63) is 0 Å². The first-order valence-electron chi connectivity index (χ1n) is 7.63. The Hall–Kier alpha value is -0.120. The maximum Gasteiger partial charge on any atom is 0.0610 e. The molecule has 0 radical (unpaired) electrons. The summed E-state index contributed by atoms with van der Waals surface area (Å²) in [6.45, 7) is 11.3. The quantitative estimate of drug-likeness (QED) is 0.589. The van der Waals surface area contributed by atoms with Crippen molar-refractivity contribution < 1.29 is 5.11 Å². The predicted octanol–water partition coefficient (Wildman–Crippen LogP) is 2.39. The van der Waals surface area contributed by atoms with Crippen molar-refractivity contribution in [2.45, 2.75) is 77.4 Å². The lowest BCUT2D eigenvalue weighted by Crippen LogP contribution is -2.49. The summed E-state index contributed by atoms with van der Waals surface area (Å²) in [6, 6.07) is 1.31. The lowest BCUT2D eigenvalue weighted by Gasteiger charge is -2.31. The van der Waals surface area contributed by atoms with Gasteiger partial charge in [0.05, 0.1) is 6.61 Å². The molecule has 0 bridgehead atoms. The largest absolute Gasteiger partial charge is 0.394 e. The third kappa shape index (κ3) is 5.68. The van der Waals surface area contributed by atoms with E-state index >= 15 is 0 Å². The van der Waals surface area contributed by atoms with Crippen molar-refractivity contribution in [2.75, 3.05) is 19.7 Å². The number of nitrogens with one attached hydrogen (secondary N) is 1. The molecule has 18 heavy (non-hydrogen) atoms. The zero-order valence-corrected chi connectivity index (χ0v) is 12.7. The van der Waals surface area contributed by atoms with Crippen LogP contribution in [0.15, 0.2) is 0 Å². The van der Waals surface area contributed by atoms with Crippen LogP contribution in [0, 0.1) is 0 Å². The zero-order valence-electron chi connectivity index (χ0n) is 12.7. The maximum atomic E-state index is 9.51. The Morgan fingerprint density at radius 3 is 2.44 bits per heavy atom. The topological polar surface area (TPSA) is 35.5 Å². The molecule has 1 fully saturated rings. The molecule has 0 aliphatic heterocycles. The number of nitrogens with zero attached hydrogens (tertiary/aromatic N) is 1. The fourth-order valence-electron chi connectivity index (χ4n) is 2.76. The second-order valence-corrected chi connectivity index (χ2v) is 6.33. The van der Waals surface area contributed by atoms with E-state index in [1.807, 2.05) is 0 Å². The Kier molecular flexibility index (Phi) is 6.61. The van der Waals surface area contributed by atoms with E-state index < -0.39 is 0 Å². The second kappa shape index (κ2) is 7.46. The molecule has 1 aliphatic carbocycles. The summed E-state index contributed by atoms with van der Waals surface area (Å²) < 4.78 is 0. The van der Waals surface area contributed by atoms with Crippen LogP contribution in [0.4, 0.5) is 0 Å². The summed E-state index contributed by atoms with van der Waals surface area (Å²) in [5.74, 6) is 0. The highest BCUT2D eigenvalue weighted by Gasteiger charge is 2.27. The standard InChI is InChI=1S/C15H32N2O/c1-5-17(14-8-9-14)11-7-6-10-15(4,12-18)16-13(2)3/h13-14,16,18H,5-12H2,1-4H3. The van der Waals surface area contributed by atoms with E-state index in [1.165, 1.54) is 38.8 Å². The van der Waals surface area contributed by atoms with Crippen molar-refractivity contribution in [3.8, 4) is 0 Å². The highest BCUT2D eigenvalue weighted by Crippen LogP contribution is 2.27. The van der Waals surface area contributed by atoms with E-state index in [0.717, 1.165) is 12.5 Å². The van der Waals surface area contributed by atoms with Crippen molar-refractivity contribution in [1.82, 2.24) is 10.2 Å². The van der Waals surface area contributed by atoms with Crippen molar-refractivity contribution in [1.29, 1.82) is 0 Å². The molecule has 0 saturated heterocycles. The SMILES string of the molecule is CCN(CCCCC(C)(CO)NC(C)C)C1CC1. The molecule has 0 spiro atoms. The molecule has 0 heterocycles. The third-order valence-corrected chi connectivity index (χ3v) is 3.88. The van der Waals surface area contributed by atoms with Gasteiger partial charge in [-0.15, -0.1) is 0 Å². The Morgan fingerprint density at radius 1 is 1.33 bits per heavy atom. The van der Waals surface area contributed by atoms with Gasteiger partial charge in [-0.25, -0.2) is 0 Å². The molecule has 0 aromatic heterocycles. The minimum atomic E-state index is -0.106. The van der Waals surface area contributed by atoms with E-state index in [2.05, 4.69) is 37.9 Å². The van der Waals surface area contributed by atoms with Crippen LogP contribution in [-0.4, -0.2) is 47.3 Å². The summed E-state index contributed by atoms with van der Waals surface area (Å²) in [7, 11) is 0. The van der Waals surface area contributed by atoms with Gasteiger partial charge in [0.15, 0.2) is 0 Å². The average Bonchev–Trinajstić information content (AvgIpc) is 3.12. The number of hydrogen-bond acceptors (Lipinski definition) is 3. The van der Waals surface area contributed by atoms with E-state index in [0.29, 0.717) is 6.04 Å². The normalized spacial score (nSPS) is 19.5. The van der Waals surface area contributed by atoms with Crippen LogP contribution < -0.4 is 5.32 Å². The zero-order chi connectivity index (χ0) is 13.6. The third-order valence-electron chi connectivity index (χ3n) is 3.88. The number of aliphatic hydroxyl groups excluding tert-OH is 1. The lowest BCUT2D eigenvalue weighted by atomic mass is 9.94. The summed E-state index contributed by atoms with van der Waals surface area (Å²) in [5, 5.41) is 13.0. The van der Waals surface area contributed by atoms with Gasteiger partial charge in [-0.3, -0.25) is 0 Å². The smallest absolute Gasteiger partial charge is 0.0610 e.